The van der Waals surface area contributed by atoms with E-state index in [0.29, 0.717) is 11.8 Å². The maximum absolute atomic E-state index is 11.0. The molecule has 0 spiro atoms. The Balaban J connectivity index is 2.10. The Bertz CT molecular complexity index is 317. The Morgan fingerprint density at radius 1 is 1.27 bits per heavy atom. The zero-order valence-corrected chi connectivity index (χ0v) is 10.0. The molecule has 4 bridgehead atoms. The molecule has 4 aliphatic carbocycles. The minimum absolute atomic E-state index is 0.0864. The van der Waals surface area contributed by atoms with Crippen LogP contribution in [0.15, 0.2) is 12.2 Å². The van der Waals surface area contributed by atoms with Gasteiger partial charge in [0.15, 0.2) is 0 Å². The monoisotopic (exact) mass is 206 g/mol. The van der Waals surface area contributed by atoms with Gasteiger partial charge in [0.05, 0.1) is 5.60 Å². The lowest BCUT2D eigenvalue weighted by Gasteiger charge is -2.63. The molecule has 0 aromatic carbocycles. The molecule has 1 N–H and O–H groups in total. The van der Waals surface area contributed by atoms with E-state index in [1.807, 2.05) is 0 Å². The van der Waals surface area contributed by atoms with Crippen LogP contribution in [0.2, 0.25) is 0 Å². The number of aliphatic hydroxyl groups is 1. The highest BCUT2D eigenvalue weighted by molar-refractivity contribution is 5.24. The third-order valence-corrected chi connectivity index (χ3v) is 5.84. The summed E-state index contributed by atoms with van der Waals surface area (Å²) in [4.78, 5) is 0. The van der Waals surface area contributed by atoms with Crippen molar-refractivity contribution in [3.8, 4) is 0 Å². The highest BCUT2D eigenvalue weighted by atomic mass is 16.3. The molecule has 5 unspecified atom stereocenters. The Hall–Kier alpha value is -0.300. The van der Waals surface area contributed by atoms with Crippen LogP contribution in [0.1, 0.15) is 40.0 Å². The minimum Gasteiger partial charge on any atom is -0.389 e. The molecule has 0 saturated heterocycles. The van der Waals surface area contributed by atoms with Crippen LogP contribution in [0.3, 0.4) is 0 Å². The number of allylic oxidation sites excluding steroid dienone is 1. The van der Waals surface area contributed by atoms with E-state index >= 15 is 0 Å². The third-order valence-electron chi connectivity index (χ3n) is 5.84. The summed E-state index contributed by atoms with van der Waals surface area (Å²) in [7, 11) is 0. The average molecular weight is 206 g/mol. The molecule has 0 aromatic rings. The Morgan fingerprint density at radius 2 is 2.00 bits per heavy atom. The SMILES string of the molecule is CC1CCC2(O)C3C=CC(CC13)C2(C)C. The van der Waals surface area contributed by atoms with E-state index in [2.05, 4.69) is 32.9 Å². The Kier molecular flexibility index (Phi) is 1.77. The first-order chi connectivity index (χ1) is 6.97. The summed E-state index contributed by atoms with van der Waals surface area (Å²) < 4.78 is 0. The van der Waals surface area contributed by atoms with Gasteiger partial charge in [0, 0.05) is 11.3 Å². The number of rotatable bonds is 0. The topological polar surface area (TPSA) is 20.2 Å². The highest BCUT2D eigenvalue weighted by Crippen LogP contribution is 2.63. The standard InChI is InChI=1S/C14H22O/c1-9-6-7-14(15)12-5-4-10(8-11(9)12)13(14,2)3/h4-5,9-12,15H,6-8H2,1-3H3. The fraction of sp³-hybridized carbons (Fsp3) is 0.857. The van der Waals surface area contributed by atoms with Crippen LogP contribution in [0.25, 0.3) is 0 Å². The van der Waals surface area contributed by atoms with E-state index < -0.39 is 5.60 Å². The highest BCUT2D eigenvalue weighted by Gasteiger charge is 2.62. The second kappa shape index (κ2) is 2.68. The summed E-state index contributed by atoms with van der Waals surface area (Å²) in [6.45, 7) is 6.90. The lowest BCUT2D eigenvalue weighted by molar-refractivity contribution is -0.202. The quantitative estimate of drug-likeness (QED) is 0.604. The molecule has 0 radical (unpaired) electrons. The summed E-state index contributed by atoms with van der Waals surface area (Å²) in [6, 6.07) is 0. The molecule has 1 heteroatoms. The average Bonchev–Trinajstić information content (AvgIpc) is 2.21. The molecule has 2 saturated carbocycles. The van der Waals surface area contributed by atoms with E-state index in [1.165, 1.54) is 12.8 Å². The lowest BCUT2D eigenvalue weighted by atomic mass is 9.43. The van der Waals surface area contributed by atoms with Gasteiger partial charge in [-0.25, -0.2) is 0 Å². The van der Waals surface area contributed by atoms with Crippen LogP contribution in [-0.4, -0.2) is 10.7 Å². The van der Waals surface area contributed by atoms with Gasteiger partial charge in [-0.05, 0) is 37.0 Å². The molecule has 84 valence electrons. The molecule has 2 fully saturated rings. The maximum Gasteiger partial charge on any atom is 0.0769 e. The van der Waals surface area contributed by atoms with Crippen LogP contribution >= 0.6 is 0 Å². The summed E-state index contributed by atoms with van der Waals surface area (Å²) in [5.74, 6) is 2.58. The van der Waals surface area contributed by atoms with E-state index in [9.17, 15) is 5.11 Å². The molecule has 0 amide bonds. The molecule has 1 nitrogen and oxygen atoms in total. The predicted molar refractivity (Wildman–Crippen MR) is 61.4 cm³/mol. The van der Waals surface area contributed by atoms with Gasteiger partial charge in [0.2, 0.25) is 0 Å². The summed E-state index contributed by atoms with van der Waals surface area (Å²) >= 11 is 0. The van der Waals surface area contributed by atoms with Gasteiger partial charge in [0.1, 0.15) is 0 Å². The number of hydrogen-bond acceptors (Lipinski definition) is 1. The molecule has 4 aliphatic rings. The van der Waals surface area contributed by atoms with Crippen molar-refractivity contribution in [1.29, 1.82) is 0 Å². The van der Waals surface area contributed by atoms with Crippen LogP contribution in [0.5, 0.6) is 0 Å². The van der Waals surface area contributed by atoms with Gasteiger partial charge in [-0.1, -0.05) is 32.9 Å². The Labute approximate surface area is 92.6 Å². The molecule has 15 heavy (non-hydrogen) atoms. The van der Waals surface area contributed by atoms with Crippen LogP contribution < -0.4 is 0 Å². The van der Waals surface area contributed by atoms with Crippen molar-refractivity contribution < 1.29 is 5.11 Å². The first kappa shape index (κ1) is 9.89. The molecule has 0 aliphatic heterocycles. The van der Waals surface area contributed by atoms with Crippen molar-refractivity contribution in [3.63, 3.8) is 0 Å². The molecule has 0 heterocycles. The fourth-order valence-corrected chi connectivity index (χ4v) is 4.45. The summed E-state index contributed by atoms with van der Waals surface area (Å²) in [6.07, 6.45) is 8.20. The molecule has 0 aromatic heterocycles. The second-order valence-electron chi connectivity index (χ2n) is 6.58. The second-order valence-corrected chi connectivity index (χ2v) is 6.58. The van der Waals surface area contributed by atoms with Crippen molar-refractivity contribution in [1.82, 2.24) is 0 Å². The van der Waals surface area contributed by atoms with Crippen molar-refractivity contribution in [2.75, 3.05) is 0 Å². The van der Waals surface area contributed by atoms with Gasteiger partial charge in [0.25, 0.3) is 0 Å². The van der Waals surface area contributed by atoms with E-state index in [0.717, 1.165) is 18.3 Å². The van der Waals surface area contributed by atoms with Gasteiger partial charge >= 0.3 is 0 Å². The van der Waals surface area contributed by atoms with Gasteiger partial charge in [-0.15, -0.1) is 0 Å². The summed E-state index contributed by atoms with van der Waals surface area (Å²) in [5, 5.41) is 11.0. The van der Waals surface area contributed by atoms with Crippen LogP contribution in [0, 0.1) is 29.1 Å². The zero-order valence-electron chi connectivity index (χ0n) is 10.0. The van der Waals surface area contributed by atoms with Crippen LogP contribution in [0.4, 0.5) is 0 Å². The molecular weight excluding hydrogens is 184 g/mol. The Morgan fingerprint density at radius 3 is 2.73 bits per heavy atom. The van der Waals surface area contributed by atoms with Gasteiger partial charge in [-0.3, -0.25) is 0 Å². The van der Waals surface area contributed by atoms with E-state index in [-0.39, 0.29) is 5.41 Å². The third kappa shape index (κ3) is 0.982. The first-order valence-corrected chi connectivity index (χ1v) is 6.37. The van der Waals surface area contributed by atoms with Gasteiger partial charge < -0.3 is 5.11 Å². The van der Waals surface area contributed by atoms with E-state index in [1.54, 1.807) is 0 Å². The number of hydrogen-bond donors (Lipinski definition) is 1. The minimum atomic E-state index is -0.415. The molecule has 5 atom stereocenters. The zero-order chi connectivity index (χ0) is 10.8. The van der Waals surface area contributed by atoms with Crippen molar-refractivity contribution in [2.45, 2.75) is 45.6 Å². The smallest absolute Gasteiger partial charge is 0.0769 e. The van der Waals surface area contributed by atoms with Crippen molar-refractivity contribution in [3.05, 3.63) is 12.2 Å². The van der Waals surface area contributed by atoms with Crippen LogP contribution in [-0.2, 0) is 0 Å². The summed E-state index contributed by atoms with van der Waals surface area (Å²) in [5.41, 5.74) is -0.328. The fourth-order valence-electron chi connectivity index (χ4n) is 4.45. The largest absolute Gasteiger partial charge is 0.389 e. The first-order valence-electron chi connectivity index (χ1n) is 6.37. The van der Waals surface area contributed by atoms with Crippen molar-refractivity contribution >= 4 is 0 Å². The maximum atomic E-state index is 11.0. The van der Waals surface area contributed by atoms with Crippen molar-refractivity contribution in [2.24, 2.45) is 29.1 Å². The predicted octanol–water partition coefficient (Wildman–Crippen LogP) is 3.00. The van der Waals surface area contributed by atoms with Gasteiger partial charge in [-0.2, -0.15) is 0 Å². The molecule has 4 rings (SSSR count). The lowest BCUT2D eigenvalue weighted by Crippen LogP contribution is -2.64. The normalized spacial score (nSPS) is 55.7. The molecular formula is C14H22O. The van der Waals surface area contributed by atoms with E-state index in [4.69, 9.17) is 0 Å².